The lowest BCUT2D eigenvalue weighted by molar-refractivity contribution is -0.138. The van der Waals surface area contributed by atoms with Crippen LogP contribution in [0.2, 0.25) is 0 Å². The van der Waals surface area contributed by atoms with Gasteiger partial charge in [-0.2, -0.15) is 0 Å². The molecule has 2 aliphatic rings. The van der Waals surface area contributed by atoms with Crippen molar-refractivity contribution in [2.24, 2.45) is 11.8 Å². The molecule has 4 heteroatoms. The summed E-state index contributed by atoms with van der Waals surface area (Å²) in [6.07, 6.45) is 5.61. The summed E-state index contributed by atoms with van der Waals surface area (Å²) in [6.45, 7) is 0. The van der Waals surface area contributed by atoms with Crippen molar-refractivity contribution in [2.75, 3.05) is 0 Å². The minimum absolute atomic E-state index is 0.101. The molecule has 0 saturated heterocycles. The standard InChI is InChI=1S/C12H15NO2S/c14-12(15)9-4-8(9)5-11-13-10(6-16-11)7-2-1-3-7/h6-9H,1-5H2,(H,14,15). The molecule has 1 aromatic rings. The molecule has 16 heavy (non-hydrogen) atoms. The fraction of sp³-hybridized carbons (Fsp3) is 0.667. The van der Waals surface area contributed by atoms with Crippen LogP contribution in [0.3, 0.4) is 0 Å². The first-order valence-electron chi connectivity index (χ1n) is 5.91. The Morgan fingerprint density at radius 2 is 2.38 bits per heavy atom. The van der Waals surface area contributed by atoms with Crippen molar-refractivity contribution in [3.8, 4) is 0 Å². The van der Waals surface area contributed by atoms with E-state index in [0.29, 0.717) is 11.8 Å². The molecule has 86 valence electrons. The van der Waals surface area contributed by atoms with E-state index in [0.717, 1.165) is 17.8 Å². The van der Waals surface area contributed by atoms with Crippen LogP contribution in [0, 0.1) is 11.8 Å². The minimum Gasteiger partial charge on any atom is -0.481 e. The third kappa shape index (κ3) is 1.86. The number of aromatic nitrogens is 1. The molecule has 0 aliphatic heterocycles. The molecule has 2 unspecified atom stereocenters. The van der Waals surface area contributed by atoms with Gasteiger partial charge in [-0.1, -0.05) is 6.42 Å². The average Bonchev–Trinajstić information content (AvgIpc) is 2.77. The first-order chi connectivity index (χ1) is 7.74. The maximum atomic E-state index is 10.7. The number of thiazole rings is 1. The molecular weight excluding hydrogens is 222 g/mol. The molecule has 3 rings (SSSR count). The van der Waals surface area contributed by atoms with E-state index >= 15 is 0 Å². The Bertz CT molecular complexity index is 411. The smallest absolute Gasteiger partial charge is 0.306 e. The Morgan fingerprint density at radius 3 is 2.94 bits per heavy atom. The molecule has 1 aromatic heterocycles. The zero-order valence-corrected chi connectivity index (χ0v) is 9.87. The van der Waals surface area contributed by atoms with Gasteiger partial charge in [-0.05, 0) is 25.2 Å². The van der Waals surface area contributed by atoms with E-state index in [1.165, 1.54) is 25.0 Å². The Hall–Kier alpha value is -0.900. The SMILES string of the molecule is O=C(O)C1CC1Cc1nc(C2CCC2)cs1. The van der Waals surface area contributed by atoms with Gasteiger partial charge in [-0.15, -0.1) is 11.3 Å². The predicted octanol–water partition coefficient (Wildman–Crippen LogP) is 2.67. The number of carboxylic acids is 1. The van der Waals surface area contributed by atoms with Crippen molar-refractivity contribution < 1.29 is 9.90 Å². The second kappa shape index (κ2) is 3.84. The van der Waals surface area contributed by atoms with E-state index in [1.807, 2.05) is 0 Å². The third-order valence-electron chi connectivity index (χ3n) is 3.77. The normalized spacial score (nSPS) is 28.8. The fourth-order valence-corrected chi connectivity index (χ4v) is 3.28. The van der Waals surface area contributed by atoms with Crippen LogP contribution in [-0.4, -0.2) is 16.1 Å². The molecule has 0 aromatic carbocycles. The van der Waals surface area contributed by atoms with E-state index in [9.17, 15) is 4.79 Å². The highest BCUT2D eigenvalue weighted by molar-refractivity contribution is 7.09. The van der Waals surface area contributed by atoms with E-state index in [1.54, 1.807) is 11.3 Å². The van der Waals surface area contributed by atoms with Crippen molar-refractivity contribution in [3.05, 3.63) is 16.1 Å². The largest absolute Gasteiger partial charge is 0.481 e. The number of nitrogens with zero attached hydrogens (tertiary/aromatic N) is 1. The molecule has 2 aliphatic carbocycles. The monoisotopic (exact) mass is 237 g/mol. The van der Waals surface area contributed by atoms with Crippen molar-refractivity contribution >= 4 is 17.3 Å². The first kappa shape index (κ1) is 10.3. The molecule has 1 N–H and O–H groups in total. The number of aliphatic carboxylic acids is 1. The summed E-state index contributed by atoms with van der Waals surface area (Å²) in [4.78, 5) is 15.3. The highest BCUT2D eigenvalue weighted by atomic mass is 32.1. The van der Waals surface area contributed by atoms with Gasteiger partial charge in [-0.25, -0.2) is 4.98 Å². The van der Waals surface area contributed by atoms with Gasteiger partial charge in [0.1, 0.15) is 0 Å². The van der Waals surface area contributed by atoms with Crippen LogP contribution in [-0.2, 0) is 11.2 Å². The Kier molecular flexibility index (Phi) is 2.46. The van der Waals surface area contributed by atoms with Gasteiger partial charge >= 0.3 is 5.97 Å². The molecule has 0 amide bonds. The van der Waals surface area contributed by atoms with Crippen LogP contribution in [0.15, 0.2) is 5.38 Å². The number of rotatable bonds is 4. The zero-order chi connectivity index (χ0) is 11.1. The molecule has 3 nitrogen and oxygen atoms in total. The Morgan fingerprint density at radius 1 is 1.56 bits per heavy atom. The Balaban J connectivity index is 1.59. The van der Waals surface area contributed by atoms with Crippen LogP contribution in [0.4, 0.5) is 0 Å². The van der Waals surface area contributed by atoms with Crippen LogP contribution in [0.25, 0.3) is 0 Å². The Labute approximate surface area is 98.5 Å². The molecule has 1 heterocycles. The van der Waals surface area contributed by atoms with Crippen LogP contribution >= 0.6 is 11.3 Å². The summed E-state index contributed by atoms with van der Waals surface area (Å²) < 4.78 is 0. The summed E-state index contributed by atoms with van der Waals surface area (Å²) >= 11 is 1.71. The minimum atomic E-state index is -0.638. The van der Waals surface area contributed by atoms with E-state index < -0.39 is 5.97 Å². The summed E-state index contributed by atoms with van der Waals surface area (Å²) in [7, 11) is 0. The maximum Gasteiger partial charge on any atom is 0.306 e. The van der Waals surface area contributed by atoms with Crippen molar-refractivity contribution in [1.82, 2.24) is 4.98 Å². The lowest BCUT2D eigenvalue weighted by atomic mass is 9.83. The quantitative estimate of drug-likeness (QED) is 0.876. The summed E-state index contributed by atoms with van der Waals surface area (Å²) in [5.41, 5.74) is 1.25. The third-order valence-corrected chi connectivity index (χ3v) is 4.66. The zero-order valence-electron chi connectivity index (χ0n) is 9.06. The van der Waals surface area contributed by atoms with E-state index in [2.05, 4.69) is 10.4 Å². The molecule has 2 fully saturated rings. The first-order valence-corrected chi connectivity index (χ1v) is 6.79. The number of carbonyl (C=O) groups is 1. The molecular formula is C12H15NO2S. The molecule has 0 radical (unpaired) electrons. The summed E-state index contributed by atoms with van der Waals surface area (Å²) in [6, 6.07) is 0. The summed E-state index contributed by atoms with van der Waals surface area (Å²) in [5.74, 6) is 0.300. The molecule has 0 bridgehead atoms. The summed E-state index contributed by atoms with van der Waals surface area (Å²) in [5, 5.41) is 12.1. The van der Waals surface area contributed by atoms with E-state index in [-0.39, 0.29) is 5.92 Å². The molecule has 2 atom stereocenters. The highest BCUT2D eigenvalue weighted by Crippen LogP contribution is 2.42. The second-order valence-electron chi connectivity index (χ2n) is 4.94. The van der Waals surface area contributed by atoms with Crippen molar-refractivity contribution in [2.45, 2.75) is 38.0 Å². The van der Waals surface area contributed by atoms with Gasteiger partial charge in [0.05, 0.1) is 16.6 Å². The van der Waals surface area contributed by atoms with Gasteiger partial charge in [-0.3, -0.25) is 4.79 Å². The molecule has 0 spiro atoms. The van der Waals surface area contributed by atoms with Gasteiger partial charge in [0, 0.05) is 17.7 Å². The van der Waals surface area contributed by atoms with Crippen molar-refractivity contribution in [3.63, 3.8) is 0 Å². The van der Waals surface area contributed by atoms with E-state index in [4.69, 9.17) is 5.11 Å². The lowest BCUT2D eigenvalue weighted by Crippen LogP contribution is -2.09. The second-order valence-corrected chi connectivity index (χ2v) is 5.88. The number of carboxylic acid groups (broad SMARTS) is 1. The number of hydrogen-bond acceptors (Lipinski definition) is 3. The van der Waals surface area contributed by atoms with Gasteiger partial charge < -0.3 is 5.11 Å². The predicted molar refractivity (Wildman–Crippen MR) is 61.6 cm³/mol. The fourth-order valence-electron chi connectivity index (χ4n) is 2.31. The van der Waals surface area contributed by atoms with Gasteiger partial charge in [0.2, 0.25) is 0 Å². The average molecular weight is 237 g/mol. The van der Waals surface area contributed by atoms with Crippen LogP contribution < -0.4 is 0 Å². The van der Waals surface area contributed by atoms with Gasteiger partial charge in [0.15, 0.2) is 0 Å². The maximum absolute atomic E-state index is 10.7. The van der Waals surface area contributed by atoms with Crippen LogP contribution in [0.1, 0.15) is 42.3 Å². The van der Waals surface area contributed by atoms with Gasteiger partial charge in [0.25, 0.3) is 0 Å². The number of hydrogen-bond donors (Lipinski definition) is 1. The lowest BCUT2D eigenvalue weighted by Gasteiger charge is -2.22. The van der Waals surface area contributed by atoms with Crippen molar-refractivity contribution in [1.29, 1.82) is 0 Å². The van der Waals surface area contributed by atoms with Crippen LogP contribution in [0.5, 0.6) is 0 Å². The molecule has 2 saturated carbocycles. The topological polar surface area (TPSA) is 50.2 Å². The highest BCUT2D eigenvalue weighted by Gasteiger charge is 2.43.